The lowest BCUT2D eigenvalue weighted by molar-refractivity contribution is -0.161. The van der Waals surface area contributed by atoms with Crippen LogP contribution in [0.25, 0.3) is 0 Å². The van der Waals surface area contributed by atoms with Crippen LogP contribution in [-0.4, -0.2) is 96.7 Å². The van der Waals surface area contributed by atoms with Crippen LogP contribution in [0.4, 0.5) is 0 Å². The van der Waals surface area contributed by atoms with Crippen LogP contribution >= 0.6 is 15.6 Å². The number of phosphoric ester groups is 2. The summed E-state index contributed by atoms with van der Waals surface area (Å²) in [7, 11) is -9.90. The molecule has 0 radical (unpaired) electrons. The number of hydrogen-bond donors (Lipinski definition) is 3. The number of carbonyl (C=O) groups is 4. The maximum Gasteiger partial charge on any atom is 0.472 e. The fraction of sp³-hybridized carbons (Fsp3) is 0.947. The first kappa shape index (κ1) is 92.1. The second-order valence-electron chi connectivity index (χ2n) is 27.8. The highest BCUT2D eigenvalue weighted by Crippen LogP contribution is 2.45. The third kappa shape index (κ3) is 67.3. The van der Waals surface area contributed by atoms with Gasteiger partial charge in [-0.25, -0.2) is 9.13 Å². The van der Waals surface area contributed by atoms with Gasteiger partial charge in [-0.2, -0.15) is 0 Å². The van der Waals surface area contributed by atoms with Gasteiger partial charge < -0.3 is 33.8 Å². The van der Waals surface area contributed by atoms with Crippen LogP contribution in [0, 0.1) is 11.8 Å². The molecule has 3 unspecified atom stereocenters. The quantitative estimate of drug-likeness (QED) is 0.0222. The van der Waals surface area contributed by atoms with E-state index in [9.17, 15) is 43.2 Å². The SMILES string of the molecule is CCCCCCCCCCCCCCCCCC(=O)OC[C@H](COP(=O)(O)OC[C@@H](O)COP(=O)(O)OC[C@@H](COC(=O)CCCCCCCCC)OC(=O)CCCCCCCCCCCCC(C)CC)OC(=O)CCCCCCCCCCCCCCCCCC(C)C. The molecule has 94 heavy (non-hydrogen) atoms. The van der Waals surface area contributed by atoms with Crippen molar-refractivity contribution < 1.29 is 80.2 Å². The summed E-state index contributed by atoms with van der Waals surface area (Å²) >= 11 is 0. The Hall–Kier alpha value is -1.94. The predicted octanol–water partition coefficient (Wildman–Crippen LogP) is 21.9. The number of ether oxygens (including phenoxy) is 4. The average molecular weight is 1380 g/mol. The molecule has 3 N–H and O–H groups in total. The molecule has 0 bridgehead atoms. The first-order valence-corrected chi connectivity index (χ1v) is 42.0. The van der Waals surface area contributed by atoms with E-state index in [0.29, 0.717) is 25.7 Å². The second kappa shape index (κ2) is 66.9. The van der Waals surface area contributed by atoms with E-state index in [0.717, 1.165) is 115 Å². The number of aliphatic hydroxyl groups excluding tert-OH is 1. The minimum absolute atomic E-state index is 0.106. The Kier molecular flexibility index (Phi) is 65.5. The summed E-state index contributed by atoms with van der Waals surface area (Å²) in [5.74, 6) is -0.514. The van der Waals surface area contributed by atoms with E-state index in [1.807, 2.05) is 0 Å². The van der Waals surface area contributed by atoms with Crippen LogP contribution in [0.1, 0.15) is 388 Å². The van der Waals surface area contributed by atoms with Gasteiger partial charge in [0.15, 0.2) is 12.2 Å². The lowest BCUT2D eigenvalue weighted by Crippen LogP contribution is -2.30. The summed E-state index contributed by atoms with van der Waals surface area (Å²) in [5, 5.41) is 10.6. The Labute approximate surface area is 575 Å². The summed E-state index contributed by atoms with van der Waals surface area (Å²) in [6.45, 7) is 9.60. The van der Waals surface area contributed by atoms with Gasteiger partial charge in [-0.15, -0.1) is 0 Å². The van der Waals surface area contributed by atoms with Crippen molar-refractivity contribution in [3.05, 3.63) is 0 Å². The summed E-state index contributed by atoms with van der Waals surface area (Å²) < 4.78 is 68.4. The van der Waals surface area contributed by atoms with Crippen molar-refractivity contribution in [1.29, 1.82) is 0 Å². The number of phosphoric acid groups is 2. The molecule has 0 aromatic carbocycles. The van der Waals surface area contributed by atoms with E-state index >= 15 is 0 Å². The monoisotopic (exact) mass is 1380 g/mol. The second-order valence-corrected chi connectivity index (χ2v) is 30.7. The van der Waals surface area contributed by atoms with Crippen molar-refractivity contribution in [3.63, 3.8) is 0 Å². The molecule has 0 saturated carbocycles. The molecule has 0 rings (SSSR count). The van der Waals surface area contributed by atoms with Gasteiger partial charge in [0.05, 0.1) is 26.4 Å². The summed E-state index contributed by atoms with van der Waals surface area (Å²) in [5.41, 5.74) is 0. The van der Waals surface area contributed by atoms with E-state index in [2.05, 4.69) is 41.5 Å². The minimum atomic E-state index is -4.96. The molecule has 0 aliphatic heterocycles. The van der Waals surface area contributed by atoms with Gasteiger partial charge in [-0.1, -0.05) is 337 Å². The molecule has 0 fully saturated rings. The molecule has 0 amide bonds. The third-order valence-corrected chi connectivity index (χ3v) is 19.7. The molecule has 0 aliphatic carbocycles. The lowest BCUT2D eigenvalue weighted by Gasteiger charge is -2.21. The highest BCUT2D eigenvalue weighted by atomic mass is 31.2. The number of hydrogen-bond acceptors (Lipinski definition) is 15. The fourth-order valence-corrected chi connectivity index (χ4v) is 13.0. The van der Waals surface area contributed by atoms with Crippen molar-refractivity contribution >= 4 is 39.5 Å². The van der Waals surface area contributed by atoms with Crippen LogP contribution < -0.4 is 0 Å². The lowest BCUT2D eigenvalue weighted by atomic mass is 9.99. The molecular formula is C75H146O17P2. The van der Waals surface area contributed by atoms with Crippen molar-refractivity contribution in [2.75, 3.05) is 39.6 Å². The van der Waals surface area contributed by atoms with Crippen molar-refractivity contribution in [2.45, 2.75) is 407 Å². The molecule has 0 saturated heterocycles. The van der Waals surface area contributed by atoms with Crippen molar-refractivity contribution in [3.8, 4) is 0 Å². The Morgan fingerprint density at radius 1 is 0.309 bits per heavy atom. The van der Waals surface area contributed by atoms with E-state index in [-0.39, 0.29) is 25.7 Å². The number of carbonyl (C=O) groups excluding carboxylic acids is 4. The molecule has 0 spiro atoms. The van der Waals surface area contributed by atoms with E-state index in [4.69, 9.17) is 37.0 Å². The smallest absolute Gasteiger partial charge is 0.462 e. The average Bonchev–Trinajstić information content (AvgIpc) is 1.23. The van der Waals surface area contributed by atoms with Crippen LogP contribution in [0.3, 0.4) is 0 Å². The Morgan fingerprint density at radius 3 is 0.809 bits per heavy atom. The van der Waals surface area contributed by atoms with Gasteiger partial charge in [0, 0.05) is 25.7 Å². The number of aliphatic hydroxyl groups is 1. The highest BCUT2D eigenvalue weighted by molar-refractivity contribution is 7.47. The van der Waals surface area contributed by atoms with Gasteiger partial charge in [0.25, 0.3) is 0 Å². The van der Waals surface area contributed by atoms with Crippen LogP contribution in [-0.2, 0) is 65.4 Å². The van der Waals surface area contributed by atoms with Crippen LogP contribution in [0.15, 0.2) is 0 Å². The zero-order chi connectivity index (χ0) is 69.3. The van der Waals surface area contributed by atoms with Crippen molar-refractivity contribution in [2.24, 2.45) is 11.8 Å². The molecule has 558 valence electrons. The summed E-state index contributed by atoms with van der Waals surface area (Å²) in [6.07, 6.45) is 54.1. The zero-order valence-electron chi connectivity index (χ0n) is 61.3. The first-order chi connectivity index (χ1) is 45.4. The molecule has 0 aromatic heterocycles. The van der Waals surface area contributed by atoms with Gasteiger partial charge in [-0.05, 0) is 37.5 Å². The maximum atomic E-state index is 13.1. The van der Waals surface area contributed by atoms with E-state index in [1.54, 1.807) is 0 Å². The first-order valence-electron chi connectivity index (χ1n) is 39.0. The molecule has 0 aromatic rings. The summed E-state index contributed by atoms with van der Waals surface area (Å²) in [6, 6.07) is 0. The highest BCUT2D eigenvalue weighted by Gasteiger charge is 2.30. The van der Waals surface area contributed by atoms with Gasteiger partial charge in [0.1, 0.15) is 19.3 Å². The molecule has 0 aliphatic rings. The number of rotatable bonds is 74. The standard InChI is InChI=1S/C75H146O17P2/c1-7-10-12-14-16-17-18-19-21-25-28-34-40-46-52-58-73(78)86-64-71(92-74(79)59-53-47-41-35-29-26-23-20-22-24-27-32-38-43-49-55-67(4)5)66-90-94(83,84)88-62-69(76)61-87-93(81,82)89-65-70(63-85-72(77)57-51-45-37-15-13-11-8-2)91-75(80)60-54-48-42-36-31-30-33-39-44-50-56-68(6)9-3/h67-71,76H,7-66H2,1-6H3,(H,81,82)(H,83,84)/t68?,69-,70+,71+/m0/s1. The van der Waals surface area contributed by atoms with Crippen molar-refractivity contribution in [1.82, 2.24) is 0 Å². The molecule has 17 nitrogen and oxygen atoms in total. The third-order valence-electron chi connectivity index (χ3n) is 17.8. The Morgan fingerprint density at radius 2 is 0.543 bits per heavy atom. The topological polar surface area (TPSA) is 237 Å². The summed E-state index contributed by atoms with van der Waals surface area (Å²) in [4.78, 5) is 72.7. The number of unbranched alkanes of at least 4 members (excludes halogenated alkanes) is 43. The van der Waals surface area contributed by atoms with Gasteiger partial charge in [-0.3, -0.25) is 37.3 Å². The predicted molar refractivity (Wildman–Crippen MR) is 381 cm³/mol. The maximum absolute atomic E-state index is 13.1. The number of esters is 4. The van der Waals surface area contributed by atoms with Crippen LogP contribution in [0.2, 0.25) is 0 Å². The van der Waals surface area contributed by atoms with E-state index < -0.39 is 97.5 Å². The van der Waals surface area contributed by atoms with Crippen LogP contribution in [0.5, 0.6) is 0 Å². The Bertz CT molecular complexity index is 1820. The largest absolute Gasteiger partial charge is 0.472 e. The normalized spacial score (nSPS) is 14.3. The molecule has 19 heteroatoms. The fourth-order valence-electron chi connectivity index (χ4n) is 11.4. The van der Waals surface area contributed by atoms with Gasteiger partial charge in [0.2, 0.25) is 0 Å². The van der Waals surface area contributed by atoms with E-state index in [1.165, 1.54) is 193 Å². The molecular weight excluding hydrogens is 1230 g/mol. The Balaban J connectivity index is 5.20. The molecule has 0 heterocycles. The molecule has 6 atom stereocenters. The van der Waals surface area contributed by atoms with Gasteiger partial charge >= 0.3 is 39.5 Å². The minimum Gasteiger partial charge on any atom is -0.462 e. The zero-order valence-corrected chi connectivity index (χ0v) is 63.1.